The van der Waals surface area contributed by atoms with Crippen LogP contribution in [-0.2, 0) is 10.1 Å². The molecule has 5 nitrogen and oxygen atoms in total. The highest BCUT2D eigenvalue weighted by Crippen LogP contribution is 2.36. The van der Waals surface area contributed by atoms with Crippen molar-refractivity contribution in [2.75, 3.05) is 7.11 Å². The van der Waals surface area contributed by atoms with Crippen LogP contribution in [0.3, 0.4) is 0 Å². The SMILES string of the molecule is COc1cc(C=Nc2cccc(Cl)c2C)cc(I)c1OS(=O)(=O)c1ccc(C)cc1. The maximum absolute atomic E-state index is 12.7. The predicted molar refractivity (Wildman–Crippen MR) is 128 cm³/mol. The Balaban J connectivity index is 1.93. The second-order valence-corrected chi connectivity index (χ2v) is 9.64. The third-order valence-corrected chi connectivity index (χ3v) is 6.79. The van der Waals surface area contributed by atoms with Crippen LogP contribution in [-0.4, -0.2) is 21.7 Å². The highest BCUT2D eigenvalue weighted by atomic mass is 127. The summed E-state index contributed by atoms with van der Waals surface area (Å²) in [5.41, 5.74) is 3.32. The fourth-order valence-electron chi connectivity index (χ4n) is 2.64. The van der Waals surface area contributed by atoms with Gasteiger partial charge in [-0.3, -0.25) is 4.99 Å². The fourth-order valence-corrected chi connectivity index (χ4v) is 4.65. The van der Waals surface area contributed by atoms with Gasteiger partial charge < -0.3 is 8.92 Å². The molecule has 3 aromatic carbocycles. The summed E-state index contributed by atoms with van der Waals surface area (Å²) in [4.78, 5) is 4.56. The van der Waals surface area contributed by atoms with E-state index in [4.69, 9.17) is 20.5 Å². The van der Waals surface area contributed by atoms with Gasteiger partial charge in [0.2, 0.25) is 0 Å². The molecule has 0 amide bonds. The van der Waals surface area contributed by atoms with E-state index in [1.807, 2.05) is 54.6 Å². The van der Waals surface area contributed by atoms with Crippen LogP contribution >= 0.6 is 34.2 Å². The Morgan fingerprint density at radius 3 is 2.43 bits per heavy atom. The standard InChI is InChI=1S/C22H19ClINO4S/c1-14-7-9-17(10-8-14)30(26,27)29-22-19(24)11-16(12-21(22)28-3)13-25-20-6-4-5-18(23)15(20)2/h4-13H,1-3H3. The lowest BCUT2D eigenvalue weighted by atomic mass is 10.2. The van der Waals surface area contributed by atoms with Crippen molar-refractivity contribution in [3.05, 3.63) is 79.9 Å². The maximum atomic E-state index is 12.7. The van der Waals surface area contributed by atoms with Crippen LogP contribution in [0.2, 0.25) is 5.02 Å². The van der Waals surface area contributed by atoms with Crippen molar-refractivity contribution in [1.29, 1.82) is 0 Å². The maximum Gasteiger partial charge on any atom is 0.339 e. The zero-order valence-corrected chi connectivity index (χ0v) is 20.2. The van der Waals surface area contributed by atoms with Gasteiger partial charge in [0.25, 0.3) is 0 Å². The van der Waals surface area contributed by atoms with Gasteiger partial charge in [0, 0.05) is 11.2 Å². The van der Waals surface area contributed by atoms with Gasteiger partial charge in [0.1, 0.15) is 4.90 Å². The topological polar surface area (TPSA) is 65.0 Å². The van der Waals surface area contributed by atoms with Crippen LogP contribution in [0.25, 0.3) is 0 Å². The van der Waals surface area contributed by atoms with E-state index in [1.54, 1.807) is 30.5 Å². The molecule has 0 aliphatic carbocycles. The Kier molecular flexibility index (Phi) is 7.05. The van der Waals surface area contributed by atoms with E-state index in [-0.39, 0.29) is 10.6 Å². The lowest BCUT2D eigenvalue weighted by Crippen LogP contribution is -2.11. The van der Waals surface area contributed by atoms with E-state index in [9.17, 15) is 8.42 Å². The second kappa shape index (κ2) is 9.36. The number of benzene rings is 3. The molecule has 3 rings (SSSR count). The van der Waals surface area contributed by atoms with Crippen LogP contribution in [0.1, 0.15) is 16.7 Å². The Morgan fingerprint density at radius 1 is 1.07 bits per heavy atom. The fraction of sp³-hybridized carbons (Fsp3) is 0.136. The number of aryl methyl sites for hydroxylation is 1. The molecular formula is C22H19ClINO4S. The van der Waals surface area contributed by atoms with E-state index >= 15 is 0 Å². The molecule has 8 heteroatoms. The van der Waals surface area contributed by atoms with E-state index in [0.29, 0.717) is 14.3 Å². The molecule has 0 aliphatic heterocycles. The molecule has 0 saturated carbocycles. The number of hydrogen-bond donors (Lipinski definition) is 0. The first-order valence-corrected chi connectivity index (χ1v) is 11.8. The number of methoxy groups -OCH3 is 1. The highest BCUT2D eigenvalue weighted by molar-refractivity contribution is 14.1. The lowest BCUT2D eigenvalue weighted by molar-refractivity contribution is 0.389. The van der Waals surface area contributed by atoms with Crippen LogP contribution in [0.5, 0.6) is 11.5 Å². The minimum absolute atomic E-state index is 0.0769. The number of rotatable bonds is 6. The van der Waals surface area contributed by atoms with Gasteiger partial charge in [-0.2, -0.15) is 8.42 Å². The quantitative estimate of drug-likeness (QED) is 0.210. The van der Waals surface area contributed by atoms with Crippen molar-refractivity contribution in [2.24, 2.45) is 4.99 Å². The molecule has 0 fully saturated rings. The molecule has 3 aromatic rings. The smallest absolute Gasteiger partial charge is 0.339 e. The number of ether oxygens (including phenoxy) is 1. The van der Waals surface area contributed by atoms with Gasteiger partial charge in [-0.25, -0.2) is 0 Å². The van der Waals surface area contributed by atoms with Crippen molar-refractivity contribution in [2.45, 2.75) is 18.7 Å². The zero-order chi connectivity index (χ0) is 21.9. The average Bonchev–Trinajstić information content (AvgIpc) is 2.71. The second-order valence-electron chi connectivity index (χ2n) is 6.53. The first kappa shape index (κ1) is 22.6. The molecule has 0 heterocycles. The van der Waals surface area contributed by atoms with Crippen molar-refractivity contribution in [1.82, 2.24) is 0 Å². The third-order valence-electron chi connectivity index (χ3n) is 4.35. The minimum atomic E-state index is -4.00. The molecule has 0 aliphatic rings. The molecule has 0 aromatic heterocycles. The molecule has 0 atom stereocenters. The number of halogens is 2. The summed E-state index contributed by atoms with van der Waals surface area (Å²) in [6.45, 7) is 3.78. The van der Waals surface area contributed by atoms with Crippen LogP contribution in [0.4, 0.5) is 5.69 Å². The lowest BCUT2D eigenvalue weighted by Gasteiger charge is -2.13. The molecule has 156 valence electrons. The number of hydrogen-bond acceptors (Lipinski definition) is 5. The van der Waals surface area contributed by atoms with Gasteiger partial charge in [-0.1, -0.05) is 35.4 Å². The number of aliphatic imine (C=N–C) groups is 1. The zero-order valence-electron chi connectivity index (χ0n) is 16.5. The summed E-state index contributed by atoms with van der Waals surface area (Å²) in [5.74, 6) is 0.427. The predicted octanol–water partition coefficient (Wildman–Crippen LogP) is 6.09. The van der Waals surface area contributed by atoms with Gasteiger partial charge in [-0.15, -0.1) is 0 Å². The Hall–Kier alpha value is -2.10. The van der Waals surface area contributed by atoms with E-state index < -0.39 is 10.1 Å². The van der Waals surface area contributed by atoms with E-state index in [2.05, 4.69) is 4.99 Å². The Bertz CT molecular complexity index is 1210. The minimum Gasteiger partial charge on any atom is -0.493 e. The van der Waals surface area contributed by atoms with Crippen LogP contribution in [0, 0.1) is 17.4 Å². The molecule has 0 unspecified atom stereocenters. The summed E-state index contributed by atoms with van der Waals surface area (Å²) in [5, 5.41) is 0.641. The Morgan fingerprint density at radius 2 is 1.77 bits per heavy atom. The van der Waals surface area contributed by atoms with E-state index in [0.717, 1.165) is 22.4 Å². The van der Waals surface area contributed by atoms with Gasteiger partial charge in [0.15, 0.2) is 11.5 Å². The monoisotopic (exact) mass is 555 g/mol. The van der Waals surface area contributed by atoms with Gasteiger partial charge in [-0.05, 0) is 84.0 Å². The first-order chi connectivity index (χ1) is 14.2. The van der Waals surface area contributed by atoms with Crippen molar-refractivity contribution in [3.8, 4) is 11.5 Å². The van der Waals surface area contributed by atoms with Crippen LogP contribution < -0.4 is 8.92 Å². The molecular weight excluding hydrogens is 537 g/mol. The van der Waals surface area contributed by atoms with Gasteiger partial charge >= 0.3 is 10.1 Å². The van der Waals surface area contributed by atoms with Crippen molar-refractivity contribution in [3.63, 3.8) is 0 Å². The molecule has 0 bridgehead atoms. The third kappa shape index (κ3) is 5.14. The molecule has 30 heavy (non-hydrogen) atoms. The first-order valence-electron chi connectivity index (χ1n) is 8.89. The summed E-state index contributed by atoms with van der Waals surface area (Å²) < 4.78 is 36.7. The average molecular weight is 556 g/mol. The summed E-state index contributed by atoms with van der Waals surface area (Å²) >= 11 is 8.16. The summed E-state index contributed by atoms with van der Waals surface area (Å²) in [7, 11) is -2.54. The molecule has 0 radical (unpaired) electrons. The summed E-state index contributed by atoms with van der Waals surface area (Å²) in [6, 6.07) is 15.4. The molecule has 0 N–H and O–H groups in total. The van der Waals surface area contributed by atoms with E-state index in [1.165, 1.54) is 19.2 Å². The molecule has 0 saturated heterocycles. The van der Waals surface area contributed by atoms with Crippen molar-refractivity contribution >= 4 is 56.2 Å². The Labute approximate surface area is 195 Å². The molecule has 0 spiro atoms. The van der Waals surface area contributed by atoms with Crippen LogP contribution in [0.15, 0.2) is 64.5 Å². The van der Waals surface area contributed by atoms with Gasteiger partial charge in [0.05, 0.1) is 16.4 Å². The number of nitrogens with zero attached hydrogens (tertiary/aromatic N) is 1. The summed E-state index contributed by atoms with van der Waals surface area (Å²) in [6.07, 6.45) is 1.67. The largest absolute Gasteiger partial charge is 0.493 e. The highest BCUT2D eigenvalue weighted by Gasteiger charge is 2.21. The normalized spacial score (nSPS) is 11.6. The van der Waals surface area contributed by atoms with Crippen molar-refractivity contribution < 1.29 is 17.3 Å².